The molecule has 3 N–H and O–H groups in total. The predicted molar refractivity (Wildman–Crippen MR) is 108 cm³/mol. The van der Waals surface area contributed by atoms with Crippen molar-refractivity contribution in [1.29, 1.82) is 0 Å². The molecular weight excluding hydrogens is 376 g/mol. The Labute approximate surface area is 165 Å². The highest BCUT2D eigenvalue weighted by molar-refractivity contribution is 7.13. The van der Waals surface area contributed by atoms with Crippen molar-refractivity contribution >= 4 is 50.6 Å². The third-order valence-electron chi connectivity index (χ3n) is 4.50. The lowest BCUT2D eigenvalue weighted by Crippen LogP contribution is -2.37. The Morgan fingerprint density at radius 3 is 2.79 bits per heavy atom. The summed E-state index contributed by atoms with van der Waals surface area (Å²) in [6, 6.07) is 13.1. The van der Waals surface area contributed by atoms with Crippen LogP contribution >= 0.6 is 11.3 Å². The molecule has 1 unspecified atom stereocenters. The largest absolute Gasteiger partial charge is 0.344 e. The monoisotopic (exact) mass is 394 g/mol. The van der Waals surface area contributed by atoms with Gasteiger partial charge in [-0.1, -0.05) is 36.4 Å². The molecule has 1 fully saturated rings. The van der Waals surface area contributed by atoms with E-state index in [4.69, 9.17) is 0 Å². The number of aromatic nitrogens is 1. The van der Waals surface area contributed by atoms with Crippen LogP contribution in [0.1, 0.15) is 18.5 Å². The summed E-state index contributed by atoms with van der Waals surface area (Å²) in [7, 11) is 0. The molecule has 3 aromatic rings. The second-order valence-corrected chi connectivity index (χ2v) is 7.40. The van der Waals surface area contributed by atoms with E-state index in [2.05, 4.69) is 20.9 Å². The lowest BCUT2D eigenvalue weighted by molar-refractivity contribution is -0.122. The smallest absolute Gasteiger partial charge is 0.248 e. The summed E-state index contributed by atoms with van der Waals surface area (Å²) in [6.45, 7) is 0. The van der Waals surface area contributed by atoms with Crippen LogP contribution in [0.25, 0.3) is 10.8 Å². The summed E-state index contributed by atoms with van der Waals surface area (Å²) in [4.78, 5) is 40.1. The van der Waals surface area contributed by atoms with Crippen molar-refractivity contribution in [3.63, 3.8) is 0 Å². The first-order valence-corrected chi connectivity index (χ1v) is 9.79. The van der Waals surface area contributed by atoms with Gasteiger partial charge in [-0.2, -0.15) is 0 Å². The van der Waals surface area contributed by atoms with E-state index in [1.54, 1.807) is 5.38 Å². The van der Waals surface area contributed by atoms with Gasteiger partial charge in [-0.05, 0) is 17.9 Å². The first kappa shape index (κ1) is 18.1. The number of nitrogens with one attached hydrogen (secondary N) is 3. The number of carbonyl (C=O) groups excluding carboxylic acids is 3. The normalized spacial score (nSPS) is 16.0. The molecule has 7 nitrogen and oxygen atoms in total. The zero-order chi connectivity index (χ0) is 19.5. The fourth-order valence-corrected chi connectivity index (χ4v) is 3.86. The van der Waals surface area contributed by atoms with Gasteiger partial charge in [0.25, 0.3) is 0 Å². The molecule has 4 rings (SSSR count). The average molecular weight is 394 g/mol. The van der Waals surface area contributed by atoms with Crippen LogP contribution in [0.2, 0.25) is 0 Å². The quantitative estimate of drug-likeness (QED) is 0.619. The summed E-state index contributed by atoms with van der Waals surface area (Å²) < 4.78 is 0. The zero-order valence-corrected chi connectivity index (χ0v) is 15.7. The minimum atomic E-state index is -0.519. The van der Waals surface area contributed by atoms with Crippen LogP contribution < -0.4 is 16.0 Å². The van der Waals surface area contributed by atoms with Crippen molar-refractivity contribution in [2.45, 2.75) is 25.3 Å². The molecule has 3 amide bonds. The lowest BCUT2D eigenvalue weighted by Gasteiger charge is -2.08. The molecule has 1 saturated heterocycles. The van der Waals surface area contributed by atoms with Crippen molar-refractivity contribution < 1.29 is 14.4 Å². The summed E-state index contributed by atoms with van der Waals surface area (Å²) in [5, 5.41) is 12.4. The van der Waals surface area contributed by atoms with Gasteiger partial charge in [-0.3, -0.25) is 14.4 Å². The summed E-state index contributed by atoms with van der Waals surface area (Å²) in [5.41, 5.74) is 1.33. The van der Waals surface area contributed by atoms with Gasteiger partial charge in [-0.15, -0.1) is 11.3 Å². The maximum absolute atomic E-state index is 12.4. The van der Waals surface area contributed by atoms with E-state index < -0.39 is 6.04 Å². The number of nitrogens with zero attached hydrogens (tertiary/aromatic N) is 1. The van der Waals surface area contributed by atoms with Crippen molar-refractivity contribution in [2.75, 3.05) is 10.6 Å². The molecule has 1 atom stereocenters. The van der Waals surface area contributed by atoms with E-state index in [1.807, 2.05) is 42.5 Å². The van der Waals surface area contributed by atoms with E-state index in [0.29, 0.717) is 23.7 Å². The van der Waals surface area contributed by atoms with E-state index in [1.165, 1.54) is 11.3 Å². The van der Waals surface area contributed by atoms with Crippen molar-refractivity contribution in [3.05, 3.63) is 53.5 Å². The predicted octanol–water partition coefficient (Wildman–Crippen LogP) is 2.69. The van der Waals surface area contributed by atoms with E-state index in [9.17, 15) is 14.4 Å². The van der Waals surface area contributed by atoms with Gasteiger partial charge in [0.15, 0.2) is 5.13 Å². The Morgan fingerprint density at radius 1 is 1.14 bits per heavy atom. The average Bonchev–Trinajstić information content (AvgIpc) is 3.31. The lowest BCUT2D eigenvalue weighted by atomic mass is 10.1. The maximum Gasteiger partial charge on any atom is 0.248 e. The number of carbonyl (C=O) groups is 3. The highest BCUT2D eigenvalue weighted by atomic mass is 32.1. The number of rotatable bonds is 5. The van der Waals surface area contributed by atoms with E-state index >= 15 is 0 Å². The third-order valence-corrected chi connectivity index (χ3v) is 5.31. The number of hydrogen-bond donors (Lipinski definition) is 3. The Morgan fingerprint density at radius 2 is 1.96 bits per heavy atom. The van der Waals surface area contributed by atoms with Gasteiger partial charge in [0.1, 0.15) is 6.04 Å². The molecule has 0 spiro atoms. The van der Waals surface area contributed by atoms with Crippen LogP contribution in [0.5, 0.6) is 0 Å². The van der Waals surface area contributed by atoms with E-state index in [-0.39, 0.29) is 24.1 Å². The third kappa shape index (κ3) is 4.01. The van der Waals surface area contributed by atoms with Gasteiger partial charge in [0.2, 0.25) is 17.7 Å². The fraction of sp³-hybridized carbons (Fsp3) is 0.200. The van der Waals surface area contributed by atoms with Gasteiger partial charge >= 0.3 is 0 Å². The highest BCUT2D eigenvalue weighted by Gasteiger charge is 2.27. The first-order chi connectivity index (χ1) is 13.6. The summed E-state index contributed by atoms with van der Waals surface area (Å²) >= 11 is 1.25. The second kappa shape index (κ2) is 7.77. The van der Waals surface area contributed by atoms with E-state index in [0.717, 1.165) is 16.5 Å². The first-order valence-electron chi connectivity index (χ1n) is 8.91. The molecule has 2 aromatic carbocycles. The SMILES string of the molecule is O=C(Cc1csc(NC(=O)C2CCC(=O)N2)n1)Nc1cccc2ccccc12. The summed E-state index contributed by atoms with van der Waals surface area (Å²) in [6.07, 6.45) is 0.946. The molecule has 28 heavy (non-hydrogen) atoms. The Bertz CT molecular complexity index is 1060. The van der Waals surface area contributed by atoms with Gasteiger partial charge in [0, 0.05) is 22.9 Å². The number of hydrogen-bond acceptors (Lipinski definition) is 5. The molecule has 0 aliphatic carbocycles. The number of amides is 3. The van der Waals surface area contributed by atoms with Crippen molar-refractivity contribution in [3.8, 4) is 0 Å². The van der Waals surface area contributed by atoms with Gasteiger partial charge in [-0.25, -0.2) is 4.98 Å². The molecule has 2 heterocycles. The molecule has 142 valence electrons. The highest BCUT2D eigenvalue weighted by Crippen LogP contribution is 2.23. The van der Waals surface area contributed by atoms with Crippen LogP contribution in [0.15, 0.2) is 47.8 Å². The summed E-state index contributed by atoms with van der Waals surface area (Å²) in [5.74, 6) is -0.584. The van der Waals surface area contributed by atoms with Crippen molar-refractivity contribution in [1.82, 2.24) is 10.3 Å². The minimum absolute atomic E-state index is 0.107. The van der Waals surface area contributed by atoms with Crippen LogP contribution in [0.3, 0.4) is 0 Å². The van der Waals surface area contributed by atoms with Gasteiger partial charge in [0.05, 0.1) is 12.1 Å². The number of anilines is 2. The van der Waals surface area contributed by atoms with Crippen molar-refractivity contribution in [2.24, 2.45) is 0 Å². The second-order valence-electron chi connectivity index (χ2n) is 6.54. The standard InChI is InChI=1S/C20H18N4O3S/c25-17-9-8-16(23-17)19(27)24-20-21-13(11-28-20)10-18(26)22-15-7-3-5-12-4-1-2-6-14(12)15/h1-7,11,16H,8-10H2,(H,22,26)(H,23,25)(H,21,24,27). The van der Waals surface area contributed by atoms with Gasteiger partial charge < -0.3 is 16.0 Å². The van der Waals surface area contributed by atoms with Crippen LogP contribution in [0.4, 0.5) is 10.8 Å². The topological polar surface area (TPSA) is 100 Å². The zero-order valence-electron chi connectivity index (χ0n) is 14.9. The molecule has 8 heteroatoms. The number of thiazole rings is 1. The fourth-order valence-electron chi connectivity index (χ4n) is 3.14. The molecule has 0 saturated carbocycles. The van der Waals surface area contributed by atoms with Crippen LogP contribution in [0, 0.1) is 0 Å². The molecule has 0 bridgehead atoms. The molecular formula is C20H18N4O3S. The molecule has 1 aliphatic rings. The molecule has 0 radical (unpaired) electrons. The maximum atomic E-state index is 12.4. The Balaban J connectivity index is 1.37. The number of benzene rings is 2. The van der Waals surface area contributed by atoms with Crippen LogP contribution in [-0.4, -0.2) is 28.7 Å². The minimum Gasteiger partial charge on any atom is -0.344 e. The Hall–Kier alpha value is -3.26. The molecule has 1 aromatic heterocycles. The molecule has 1 aliphatic heterocycles. The number of fused-ring (bicyclic) bond motifs is 1. The Kier molecular flexibility index (Phi) is 5.03. The van der Waals surface area contributed by atoms with Crippen LogP contribution in [-0.2, 0) is 20.8 Å².